The van der Waals surface area contributed by atoms with Crippen LogP contribution in [-0.2, 0) is 26.1 Å². The monoisotopic (exact) mass is 1100 g/mol. The standard InChI is InChI=1S/C23H27NO4.C22H25NO4.C22H25NO3/c1-6-24-12-19-18-11-21(28-5)20(27-4)10-17(18)16-9-14(26-3)7-8-15(16)22(19)23(25)13(24)2;1-5-23-11-18-17-10-21(27-4)20(26-3)9-16(17)15-8-13(25-2)6-7-14(15)22(18)19(24)12-23;1-5-23-9-8-16-15-7-6-14(24-2)10-17(15)18-11-21(25-3)22(26-4)12-19(18)20(16)13-23/h7-11,13,23,25H,6,12H2,1-5H3;6-10,19,24H,5,11-12H2,1-4H3;6-7,10-12H,5,8-9,13H2,1-4H3. The summed E-state index contributed by atoms with van der Waals surface area (Å²) in [4.78, 5) is 7.06. The fourth-order valence-electron chi connectivity index (χ4n) is 12.8. The minimum atomic E-state index is -0.558. The molecule has 0 saturated heterocycles. The highest BCUT2D eigenvalue weighted by atomic mass is 16.5. The molecule has 0 spiro atoms. The SMILES string of the molecule is CCN1CCc2c(c3cc(OC)c(OC)cc3c3cc(OC)ccc23)C1.CCN1Cc2c(c3ccc(OC)cc3c3cc(OC)c(OC)cc23)C(O)C1.CCN1Cc2c(c3ccc(OC)cc3c3cc(OC)c(OC)cc23)C(O)C1C. The van der Waals surface area contributed by atoms with Crippen LogP contribution in [0, 0.1) is 0 Å². The Morgan fingerprint density at radius 2 is 0.753 bits per heavy atom. The van der Waals surface area contributed by atoms with E-state index in [-0.39, 0.29) is 6.04 Å². The first-order chi connectivity index (χ1) is 39.3. The fourth-order valence-corrected chi connectivity index (χ4v) is 12.8. The van der Waals surface area contributed by atoms with Crippen LogP contribution in [0.4, 0.5) is 0 Å². The molecule has 426 valence electrons. The first-order valence-electron chi connectivity index (χ1n) is 27.9. The Kier molecular flexibility index (Phi) is 16.8. The zero-order chi connectivity index (χ0) is 57.4. The lowest BCUT2D eigenvalue weighted by molar-refractivity contribution is 0.0426. The molecule has 3 aliphatic rings. The zero-order valence-corrected chi connectivity index (χ0v) is 49.2. The minimum Gasteiger partial charge on any atom is -0.497 e. The van der Waals surface area contributed by atoms with Crippen molar-refractivity contribution >= 4 is 64.6 Å². The summed E-state index contributed by atoms with van der Waals surface area (Å²) < 4.78 is 49.8. The quantitative estimate of drug-likeness (QED) is 0.112. The number of methoxy groups -OCH3 is 9. The van der Waals surface area contributed by atoms with Gasteiger partial charge in [-0.3, -0.25) is 14.7 Å². The highest BCUT2D eigenvalue weighted by Crippen LogP contribution is 2.48. The van der Waals surface area contributed by atoms with Crippen LogP contribution < -0.4 is 42.6 Å². The molecule has 12 rings (SSSR count). The molecular formula is C67H77N3O11. The Labute approximate surface area is 475 Å². The van der Waals surface area contributed by atoms with Gasteiger partial charge in [0.05, 0.1) is 76.2 Å². The van der Waals surface area contributed by atoms with Gasteiger partial charge in [-0.2, -0.15) is 0 Å². The molecule has 0 fully saturated rings. The van der Waals surface area contributed by atoms with Gasteiger partial charge < -0.3 is 52.8 Å². The molecule has 2 N–H and O–H groups in total. The molecule has 14 nitrogen and oxygen atoms in total. The summed E-state index contributed by atoms with van der Waals surface area (Å²) in [6.45, 7) is 15.7. The van der Waals surface area contributed by atoms with Gasteiger partial charge in [-0.1, -0.05) is 39.0 Å². The predicted molar refractivity (Wildman–Crippen MR) is 324 cm³/mol. The summed E-state index contributed by atoms with van der Waals surface area (Å²) in [5, 5.41) is 35.7. The summed E-state index contributed by atoms with van der Waals surface area (Å²) >= 11 is 0. The van der Waals surface area contributed by atoms with Gasteiger partial charge in [-0.05, 0) is 204 Å². The van der Waals surface area contributed by atoms with Crippen molar-refractivity contribution < 1.29 is 52.8 Å². The van der Waals surface area contributed by atoms with Crippen LogP contribution in [0.1, 0.15) is 73.3 Å². The second-order valence-corrected chi connectivity index (χ2v) is 20.9. The zero-order valence-electron chi connectivity index (χ0n) is 49.2. The summed E-state index contributed by atoms with van der Waals surface area (Å²) in [7, 11) is 15.0. The third-order valence-electron chi connectivity index (χ3n) is 17.2. The first kappa shape index (κ1) is 56.8. The third kappa shape index (κ3) is 10.2. The number of nitrogens with zero attached hydrogens (tertiary/aromatic N) is 3. The van der Waals surface area contributed by atoms with Crippen molar-refractivity contribution in [1.82, 2.24) is 14.7 Å². The summed E-state index contributed by atoms with van der Waals surface area (Å²) in [5.41, 5.74) is 7.19. The average Bonchev–Trinajstić information content (AvgIpc) is 3.71. The number of rotatable bonds is 12. The lowest BCUT2D eigenvalue weighted by Gasteiger charge is -2.39. The summed E-state index contributed by atoms with van der Waals surface area (Å²) in [6.07, 6.45) is -0.0183. The Balaban J connectivity index is 0.000000136. The number of β-amino-alcohol motifs (C(OH)–C–C–N with tert-alkyl or cyclic N) is 1. The maximum Gasteiger partial charge on any atom is 0.161 e. The Hall–Kier alpha value is -7.46. The van der Waals surface area contributed by atoms with E-state index in [1.807, 2.05) is 54.6 Å². The predicted octanol–water partition coefficient (Wildman–Crippen LogP) is 12.6. The Morgan fingerprint density at radius 3 is 1.17 bits per heavy atom. The smallest absolute Gasteiger partial charge is 0.161 e. The van der Waals surface area contributed by atoms with Crippen LogP contribution in [0.2, 0.25) is 0 Å². The molecule has 0 bridgehead atoms. The largest absolute Gasteiger partial charge is 0.497 e. The van der Waals surface area contributed by atoms with Gasteiger partial charge in [-0.15, -0.1) is 0 Å². The van der Waals surface area contributed by atoms with Crippen LogP contribution in [-0.4, -0.2) is 128 Å². The molecule has 0 radical (unpaired) electrons. The summed E-state index contributed by atoms with van der Waals surface area (Å²) in [5.74, 6) is 6.75. The van der Waals surface area contributed by atoms with E-state index in [0.29, 0.717) is 29.5 Å². The molecule has 81 heavy (non-hydrogen) atoms. The fraction of sp³-hybridized carbons (Fsp3) is 0.373. The lowest BCUT2D eigenvalue weighted by atomic mass is 9.83. The molecule has 9 aromatic carbocycles. The van der Waals surface area contributed by atoms with Crippen molar-refractivity contribution in [3.05, 3.63) is 124 Å². The number of aliphatic hydroxyl groups excluding tert-OH is 2. The Bertz CT molecular complexity index is 3830. The summed E-state index contributed by atoms with van der Waals surface area (Å²) in [6, 6.07) is 30.9. The normalized spacial score (nSPS) is 17.1. The number of hydrogen-bond acceptors (Lipinski definition) is 14. The van der Waals surface area contributed by atoms with Gasteiger partial charge in [0.25, 0.3) is 0 Å². The second kappa shape index (κ2) is 23.9. The maximum absolute atomic E-state index is 11.2. The highest BCUT2D eigenvalue weighted by molar-refractivity contribution is 6.15. The first-order valence-corrected chi connectivity index (χ1v) is 27.9. The maximum atomic E-state index is 11.2. The van der Waals surface area contributed by atoms with Gasteiger partial charge in [0.1, 0.15) is 17.2 Å². The number of ether oxygens (including phenoxy) is 9. The van der Waals surface area contributed by atoms with Crippen molar-refractivity contribution in [2.45, 2.75) is 72.0 Å². The van der Waals surface area contributed by atoms with Crippen molar-refractivity contribution in [2.24, 2.45) is 0 Å². The van der Waals surface area contributed by atoms with Crippen molar-refractivity contribution in [1.29, 1.82) is 0 Å². The van der Waals surface area contributed by atoms with E-state index in [1.165, 1.54) is 32.7 Å². The molecule has 0 aromatic heterocycles. The molecule has 0 aliphatic carbocycles. The Morgan fingerprint density at radius 1 is 0.383 bits per heavy atom. The van der Waals surface area contributed by atoms with Gasteiger partial charge in [-0.25, -0.2) is 0 Å². The molecule has 3 heterocycles. The lowest BCUT2D eigenvalue weighted by Crippen LogP contribution is -2.41. The van der Waals surface area contributed by atoms with Crippen LogP contribution in [0.25, 0.3) is 64.6 Å². The topological polar surface area (TPSA) is 133 Å². The van der Waals surface area contributed by atoms with Crippen LogP contribution in [0.5, 0.6) is 51.7 Å². The second-order valence-electron chi connectivity index (χ2n) is 20.9. The third-order valence-corrected chi connectivity index (χ3v) is 17.2. The van der Waals surface area contributed by atoms with E-state index in [9.17, 15) is 10.2 Å². The van der Waals surface area contributed by atoms with Crippen LogP contribution in [0.15, 0.2) is 91.0 Å². The highest BCUT2D eigenvalue weighted by Gasteiger charge is 2.34. The van der Waals surface area contributed by atoms with Gasteiger partial charge in [0.2, 0.25) is 0 Å². The number of benzene rings is 9. The number of fused-ring (bicyclic) bond motifs is 18. The van der Waals surface area contributed by atoms with E-state index >= 15 is 0 Å². The van der Waals surface area contributed by atoms with Gasteiger partial charge in [0, 0.05) is 38.8 Å². The van der Waals surface area contributed by atoms with Crippen LogP contribution in [0.3, 0.4) is 0 Å². The number of aliphatic hydroxyl groups is 2. The molecular weight excluding hydrogens is 1020 g/mol. The average molecular weight is 1100 g/mol. The van der Waals surface area contributed by atoms with E-state index in [4.69, 9.17) is 42.6 Å². The van der Waals surface area contributed by atoms with Gasteiger partial charge >= 0.3 is 0 Å². The number of likely N-dealkylation sites (N-methyl/N-ethyl adjacent to an activating group) is 3. The molecule has 9 aromatic rings. The minimum absolute atomic E-state index is 0.0559. The van der Waals surface area contributed by atoms with Crippen LogP contribution >= 0.6 is 0 Å². The van der Waals surface area contributed by atoms with E-state index < -0.39 is 12.2 Å². The van der Waals surface area contributed by atoms with Crippen molar-refractivity contribution in [3.8, 4) is 51.7 Å². The molecule has 0 amide bonds. The van der Waals surface area contributed by atoms with Crippen molar-refractivity contribution in [2.75, 3.05) is 96.7 Å². The van der Waals surface area contributed by atoms with Gasteiger partial charge in [0.15, 0.2) is 34.5 Å². The molecule has 3 unspecified atom stereocenters. The van der Waals surface area contributed by atoms with E-state index in [2.05, 4.69) is 78.8 Å². The number of hydrogen-bond donors (Lipinski definition) is 2. The molecule has 0 saturated carbocycles. The van der Waals surface area contributed by atoms with E-state index in [0.717, 1.165) is 146 Å². The molecule has 14 heteroatoms. The molecule has 3 aliphatic heterocycles. The van der Waals surface area contributed by atoms with Crippen molar-refractivity contribution in [3.63, 3.8) is 0 Å². The molecule has 3 atom stereocenters. The van der Waals surface area contributed by atoms with E-state index in [1.54, 1.807) is 64.0 Å².